The first-order chi connectivity index (χ1) is 9.70. The number of carbonyl (C=O) groups excluding carboxylic acids is 3. The van der Waals surface area contributed by atoms with Crippen molar-refractivity contribution >= 4 is 27.6 Å². The zero-order chi connectivity index (χ0) is 15.8. The second-order valence-corrected chi connectivity index (χ2v) is 7.04. The summed E-state index contributed by atoms with van der Waals surface area (Å²) in [5.41, 5.74) is 0.289. The van der Waals surface area contributed by atoms with Crippen LogP contribution in [0.4, 0.5) is 0 Å². The fourth-order valence-electron chi connectivity index (χ4n) is 1.95. The molecule has 0 fully saturated rings. The fourth-order valence-corrected chi connectivity index (χ4v) is 3.00. The molecular weight excluding hydrogens is 298 g/mol. The Balaban J connectivity index is 2.14. The number of benzene rings is 1. The average molecular weight is 311 g/mol. The lowest BCUT2D eigenvalue weighted by Gasteiger charge is -2.15. The Morgan fingerprint density at radius 3 is 2.10 bits per heavy atom. The summed E-state index contributed by atoms with van der Waals surface area (Å²) in [5.74, 6) is -3.83. The van der Waals surface area contributed by atoms with E-state index in [1.807, 2.05) is 0 Å². The number of amides is 2. The monoisotopic (exact) mass is 311 g/mol. The lowest BCUT2D eigenvalue weighted by molar-refractivity contribution is -0.172. The van der Waals surface area contributed by atoms with E-state index in [4.69, 9.17) is 4.84 Å². The van der Waals surface area contributed by atoms with Gasteiger partial charge in [-0.05, 0) is 12.1 Å². The minimum absolute atomic E-state index is 0.145. The van der Waals surface area contributed by atoms with Crippen LogP contribution in [0.3, 0.4) is 0 Å². The van der Waals surface area contributed by atoms with Crippen molar-refractivity contribution in [2.45, 2.75) is 6.92 Å². The van der Waals surface area contributed by atoms with Gasteiger partial charge in [0.25, 0.3) is 11.8 Å². The van der Waals surface area contributed by atoms with Crippen molar-refractivity contribution < 1.29 is 27.6 Å². The van der Waals surface area contributed by atoms with Gasteiger partial charge >= 0.3 is 5.97 Å². The Labute approximate surface area is 121 Å². The molecule has 1 heterocycles. The molecule has 1 aliphatic heterocycles. The van der Waals surface area contributed by atoms with Crippen LogP contribution in [-0.4, -0.2) is 43.3 Å². The van der Waals surface area contributed by atoms with E-state index in [1.54, 1.807) is 12.1 Å². The van der Waals surface area contributed by atoms with Crippen molar-refractivity contribution in [3.8, 4) is 0 Å². The number of carbonyl (C=O) groups is 3. The molecule has 2 amide bonds. The van der Waals surface area contributed by atoms with Gasteiger partial charge in [0.15, 0.2) is 0 Å². The predicted molar refractivity (Wildman–Crippen MR) is 71.9 cm³/mol. The number of imide groups is 1. The maximum Gasteiger partial charge on any atom is 0.337 e. The molecule has 8 heteroatoms. The number of hydrogen-bond acceptors (Lipinski definition) is 6. The molecule has 0 aliphatic carbocycles. The van der Waals surface area contributed by atoms with Crippen LogP contribution in [-0.2, 0) is 19.5 Å². The van der Waals surface area contributed by atoms with Crippen molar-refractivity contribution in [1.82, 2.24) is 5.06 Å². The molecule has 21 heavy (non-hydrogen) atoms. The van der Waals surface area contributed by atoms with Crippen molar-refractivity contribution in [2.75, 3.05) is 12.0 Å². The Bertz CT molecular complexity index is 689. The van der Waals surface area contributed by atoms with Gasteiger partial charge in [-0.2, -0.15) is 0 Å². The lowest BCUT2D eigenvalue weighted by atomic mass is 10.1. The van der Waals surface area contributed by atoms with Gasteiger partial charge in [-0.3, -0.25) is 9.59 Å². The summed E-state index contributed by atoms with van der Waals surface area (Å²) in [6, 6.07) is 6.07. The number of sulfone groups is 1. The highest BCUT2D eigenvalue weighted by molar-refractivity contribution is 7.90. The number of rotatable bonds is 4. The maximum absolute atomic E-state index is 12.0. The number of nitrogens with zero attached hydrogens (tertiary/aromatic N) is 1. The molecule has 1 aromatic carbocycles. The van der Waals surface area contributed by atoms with Gasteiger partial charge < -0.3 is 4.84 Å². The first kappa shape index (κ1) is 15.2. The summed E-state index contributed by atoms with van der Waals surface area (Å²) >= 11 is 0. The van der Waals surface area contributed by atoms with Crippen LogP contribution in [0.25, 0.3) is 0 Å². The van der Waals surface area contributed by atoms with Crippen LogP contribution in [0.1, 0.15) is 27.6 Å². The molecular formula is C13H13NO6S. The molecule has 0 radical (unpaired) electrons. The molecule has 2 rings (SSSR count). The van der Waals surface area contributed by atoms with E-state index in [9.17, 15) is 22.8 Å². The SMILES string of the molecule is CC(CS(C)(=O)=O)C(=O)ON1C(=O)c2ccccc2C1=O. The van der Waals surface area contributed by atoms with E-state index in [0.717, 1.165) is 6.26 Å². The summed E-state index contributed by atoms with van der Waals surface area (Å²) in [4.78, 5) is 40.5. The normalized spacial score (nSPS) is 15.8. The first-order valence-corrected chi connectivity index (χ1v) is 8.14. The molecule has 0 saturated heterocycles. The summed E-state index contributed by atoms with van der Waals surface area (Å²) < 4.78 is 22.3. The third-order valence-corrected chi connectivity index (χ3v) is 4.00. The molecule has 1 unspecified atom stereocenters. The Morgan fingerprint density at radius 1 is 1.19 bits per heavy atom. The van der Waals surface area contributed by atoms with Crippen molar-refractivity contribution in [2.24, 2.45) is 5.92 Å². The van der Waals surface area contributed by atoms with Crippen molar-refractivity contribution in [1.29, 1.82) is 0 Å². The number of hydrogen-bond donors (Lipinski definition) is 0. The molecule has 0 bridgehead atoms. The predicted octanol–water partition coefficient (Wildman–Crippen LogP) is 0.421. The molecule has 7 nitrogen and oxygen atoms in total. The van der Waals surface area contributed by atoms with E-state index >= 15 is 0 Å². The highest BCUT2D eigenvalue weighted by Crippen LogP contribution is 2.23. The van der Waals surface area contributed by atoms with Gasteiger partial charge in [0.1, 0.15) is 9.84 Å². The third-order valence-electron chi connectivity index (χ3n) is 2.89. The smallest absolute Gasteiger partial charge is 0.329 e. The van der Waals surface area contributed by atoms with Gasteiger partial charge in [-0.1, -0.05) is 24.1 Å². The summed E-state index contributed by atoms with van der Waals surface area (Å²) in [5, 5.41) is 0.367. The van der Waals surface area contributed by atoms with E-state index in [-0.39, 0.29) is 11.1 Å². The molecule has 0 aromatic heterocycles. The molecule has 1 aromatic rings. The second-order valence-electron chi connectivity index (χ2n) is 4.85. The number of hydroxylamine groups is 2. The van der Waals surface area contributed by atoms with Gasteiger partial charge in [0.2, 0.25) is 0 Å². The third kappa shape index (κ3) is 3.10. The van der Waals surface area contributed by atoms with Gasteiger partial charge in [-0.15, -0.1) is 0 Å². The van der Waals surface area contributed by atoms with E-state index in [1.165, 1.54) is 19.1 Å². The Hall–Kier alpha value is -2.22. The minimum Gasteiger partial charge on any atom is -0.329 e. The molecule has 0 saturated carbocycles. The Morgan fingerprint density at radius 2 is 1.67 bits per heavy atom. The first-order valence-electron chi connectivity index (χ1n) is 6.08. The van der Waals surface area contributed by atoms with Crippen LogP contribution in [0.5, 0.6) is 0 Å². The summed E-state index contributed by atoms with van der Waals surface area (Å²) in [7, 11) is -3.37. The summed E-state index contributed by atoms with van der Waals surface area (Å²) in [6.07, 6.45) is 0.985. The van der Waals surface area contributed by atoms with Gasteiger partial charge in [0.05, 0.1) is 22.8 Å². The highest BCUT2D eigenvalue weighted by atomic mass is 32.2. The van der Waals surface area contributed by atoms with Crippen LogP contribution in [0.15, 0.2) is 24.3 Å². The Kier molecular flexibility index (Phi) is 3.82. The topological polar surface area (TPSA) is 97.8 Å². The van der Waals surface area contributed by atoms with E-state index < -0.39 is 39.3 Å². The molecule has 112 valence electrons. The highest BCUT2D eigenvalue weighted by Gasteiger charge is 2.39. The van der Waals surface area contributed by atoms with Crippen LogP contribution in [0, 0.1) is 5.92 Å². The van der Waals surface area contributed by atoms with E-state index in [2.05, 4.69) is 0 Å². The molecule has 1 atom stereocenters. The van der Waals surface area contributed by atoms with E-state index in [0.29, 0.717) is 5.06 Å². The minimum atomic E-state index is -3.37. The largest absolute Gasteiger partial charge is 0.337 e. The van der Waals surface area contributed by atoms with Gasteiger partial charge in [0, 0.05) is 6.26 Å². The zero-order valence-corrected chi connectivity index (χ0v) is 12.2. The number of fused-ring (bicyclic) bond motifs is 1. The maximum atomic E-state index is 12.0. The molecule has 0 N–H and O–H groups in total. The molecule has 1 aliphatic rings. The van der Waals surface area contributed by atoms with Crippen LogP contribution < -0.4 is 0 Å². The average Bonchev–Trinajstić information content (AvgIpc) is 2.62. The standard InChI is InChI=1S/C13H13NO6S/c1-8(7-21(2,18)19)13(17)20-14-11(15)9-5-3-4-6-10(9)12(14)16/h3-6,8H,7H2,1-2H3. The lowest BCUT2D eigenvalue weighted by Crippen LogP contribution is -2.36. The van der Waals surface area contributed by atoms with Crippen molar-refractivity contribution in [3.63, 3.8) is 0 Å². The van der Waals surface area contributed by atoms with Gasteiger partial charge in [-0.25, -0.2) is 13.2 Å². The quantitative estimate of drug-likeness (QED) is 0.748. The fraction of sp³-hybridized carbons (Fsp3) is 0.308. The zero-order valence-electron chi connectivity index (χ0n) is 11.4. The van der Waals surface area contributed by atoms with Crippen LogP contribution in [0.2, 0.25) is 0 Å². The second kappa shape index (κ2) is 5.28. The van der Waals surface area contributed by atoms with Crippen molar-refractivity contribution in [3.05, 3.63) is 35.4 Å². The summed E-state index contributed by atoms with van der Waals surface area (Å²) in [6.45, 7) is 1.35. The van der Waals surface area contributed by atoms with Crippen LogP contribution >= 0.6 is 0 Å². The molecule has 0 spiro atoms.